The molecule has 1 rings (SSSR count). The van der Waals surface area contributed by atoms with E-state index in [0.717, 1.165) is 25.7 Å². The highest BCUT2D eigenvalue weighted by Gasteiger charge is 2.21. The van der Waals surface area contributed by atoms with Crippen LogP contribution >= 0.6 is 0 Å². The Morgan fingerprint density at radius 3 is 2.58 bits per heavy atom. The minimum atomic E-state index is 0.430. The first-order valence-electron chi connectivity index (χ1n) is 5.13. The zero-order valence-corrected chi connectivity index (χ0v) is 8.55. The van der Waals surface area contributed by atoms with Gasteiger partial charge in [-0.25, -0.2) is 0 Å². The van der Waals surface area contributed by atoms with Crippen LogP contribution in [0.2, 0.25) is 0 Å². The van der Waals surface area contributed by atoms with Gasteiger partial charge in [-0.3, -0.25) is 4.90 Å². The first-order valence-corrected chi connectivity index (χ1v) is 5.13. The fraction of sp³-hybridized carbons (Fsp3) is 1.00. The monoisotopic (exact) mass is 171 g/mol. The van der Waals surface area contributed by atoms with Crippen molar-refractivity contribution in [1.29, 1.82) is 0 Å². The summed E-state index contributed by atoms with van der Waals surface area (Å²) in [6, 6.07) is 0.774. The highest BCUT2D eigenvalue weighted by molar-refractivity contribution is 4.74. The summed E-state index contributed by atoms with van der Waals surface area (Å²) in [4.78, 5) is 2.56. The van der Waals surface area contributed by atoms with Crippen molar-refractivity contribution in [3.63, 3.8) is 0 Å². The molecule has 12 heavy (non-hydrogen) atoms. The summed E-state index contributed by atoms with van der Waals surface area (Å²) in [7, 11) is 0. The lowest BCUT2D eigenvalue weighted by Gasteiger charge is -2.36. The van der Waals surface area contributed by atoms with Crippen LogP contribution in [-0.4, -0.2) is 36.7 Å². The van der Waals surface area contributed by atoms with Gasteiger partial charge in [-0.2, -0.15) is 0 Å². The van der Waals surface area contributed by atoms with Crippen molar-refractivity contribution < 1.29 is 4.74 Å². The standard InChI is InChI=1S/C10H21NO/c1-4-10(5-2)11-6-7-12-9(3)8-11/h9-10H,4-8H2,1-3H3/t9-/m0/s1. The van der Waals surface area contributed by atoms with Crippen molar-refractivity contribution in [2.24, 2.45) is 0 Å². The molecular formula is C10H21NO. The minimum Gasteiger partial charge on any atom is -0.376 e. The molecule has 72 valence electrons. The topological polar surface area (TPSA) is 12.5 Å². The maximum absolute atomic E-state index is 5.51. The third-order valence-electron chi connectivity index (χ3n) is 2.73. The normalized spacial score (nSPS) is 26.5. The van der Waals surface area contributed by atoms with Gasteiger partial charge in [-0.1, -0.05) is 13.8 Å². The van der Waals surface area contributed by atoms with E-state index in [2.05, 4.69) is 25.7 Å². The summed E-state index contributed by atoms with van der Waals surface area (Å²) in [5.74, 6) is 0. The summed E-state index contributed by atoms with van der Waals surface area (Å²) < 4.78 is 5.51. The van der Waals surface area contributed by atoms with E-state index in [9.17, 15) is 0 Å². The van der Waals surface area contributed by atoms with Crippen LogP contribution in [0.5, 0.6) is 0 Å². The van der Waals surface area contributed by atoms with Gasteiger partial charge in [0.25, 0.3) is 0 Å². The summed E-state index contributed by atoms with van der Waals surface area (Å²) >= 11 is 0. The molecule has 1 heterocycles. The Morgan fingerprint density at radius 1 is 1.42 bits per heavy atom. The van der Waals surface area contributed by atoms with E-state index in [1.54, 1.807) is 0 Å². The Morgan fingerprint density at radius 2 is 2.08 bits per heavy atom. The Labute approximate surface area is 75.9 Å². The fourth-order valence-corrected chi connectivity index (χ4v) is 1.98. The average molecular weight is 171 g/mol. The van der Waals surface area contributed by atoms with Crippen LogP contribution in [-0.2, 0) is 4.74 Å². The van der Waals surface area contributed by atoms with Crippen molar-refractivity contribution in [3.05, 3.63) is 0 Å². The first-order chi connectivity index (χ1) is 5.77. The zero-order valence-electron chi connectivity index (χ0n) is 8.55. The third kappa shape index (κ3) is 2.46. The molecule has 0 aromatic heterocycles. The van der Waals surface area contributed by atoms with Gasteiger partial charge >= 0.3 is 0 Å². The summed E-state index contributed by atoms with van der Waals surface area (Å²) in [6.45, 7) is 9.86. The maximum atomic E-state index is 5.51. The number of hydrogen-bond donors (Lipinski definition) is 0. The summed E-state index contributed by atoms with van der Waals surface area (Å²) in [5, 5.41) is 0. The van der Waals surface area contributed by atoms with Crippen LogP contribution in [0.4, 0.5) is 0 Å². The number of morpholine rings is 1. The molecule has 1 saturated heterocycles. The van der Waals surface area contributed by atoms with E-state index < -0.39 is 0 Å². The zero-order chi connectivity index (χ0) is 8.97. The molecule has 0 radical (unpaired) electrons. The van der Waals surface area contributed by atoms with Crippen molar-refractivity contribution in [1.82, 2.24) is 4.90 Å². The molecule has 0 saturated carbocycles. The molecule has 0 aliphatic carbocycles. The molecule has 0 N–H and O–H groups in total. The van der Waals surface area contributed by atoms with E-state index in [1.165, 1.54) is 12.8 Å². The van der Waals surface area contributed by atoms with Gasteiger partial charge in [0.1, 0.15) is 0 Å². The van der Waals surface area contributed by atoms with Gasteiger partial charge in [-0.15, -0.1) is 0 Å². The average Bonchev–Trinajstić information content (AvgIpc) is 2.07. The van der Waals surface area contributed by atoms with Crippen molar-refractivity contribution in [3.8, 4) is 0 Å². The predicted octanol–water partition coefficient (Wildman–Crippen LogP) is 1.90. The number of ether oxygens (including phenoxy) is 1. The number of rotatable bonds is 3. The van der Waals surface area contributed by atoms with E-state index in [4.69, 9.17) is 4.74 Å². The molecule has 0 unspecified atom stereocenters. The van der Waals surface area contributed by atoms with Crippen LogP contribution in [0.25, 0.3) is 0 Å². The van der Waals surface area contributed by atoms with E-state index in [-0.39, 0.29) is 0 Å². The fourth-order valence-electron chi connectivity index (χ4n) is 1.98. The molecular weight excluding hydrogens is 150 g/mol. The second kappa shape index (κ2) is 4.83. The largest absolute Gasteiger partial charge is 0.376 e. The Balaban J connectivity index is 2.38. The van der Waals surface area contributed by atoms with Crippen LogP contribution < -0.4 is 0 Å². The smallest absolute Gasteiger partial charge is 0.0674 e. The van der Waals surface area contributed by atoms with Crippen LogP contribution in [0.15, 0.2) is 0 Å². The lowest BCUT2D eigenvalue weighted by molar-refractivity contribution is -0.0350. The molecule has 0 aromatic carbocycles. The SMILES string of the molecule is CCC(CC)N1CCO[C@@H](C)C1. The second-order valence-electron chi connectivity index (χ2n) is 3.65. The van der Waals surface area contributed by atoms with Gasteiger partial charge in [0.15, 0.2) is 0 Å². The van der Waals surface area contributed by atoms with Gasteiger partial charge in [0.2, 0.25) is 0 Å². The van der Waals surface area contributed by atoms with Gasteiger partial charge in [0.05, 0.1) is 12.7 Å². The van der Waals surface area contributed by atoms with Crippen molar-refractivity contribution in [2.45, 2.75) is 45.8 Å². The lowest BCUT2D eigenvalue weighted by atomic mass is 10.1. The maximum Gasteiger partial charge on any atom is 0.0674 e. The molecule has 0 spiro atoms. The van der Waals surface area contributed by atoms with Crippen LogP contribution in [0.1, 0.15) is 33.6 Å². The number of hydrogen-bond acceptors (Lipinski definition) is 2. The molecule has 1 aliphatic rings. The van der Waals surface area contributed by atoms with E-state index in [1.807, 2.05) is 0 Å². The van der Waals surface area contributed by atoms with Gasteiger partial charge in [0, 0.05) is 19.1 Å². The molecule has 0 aromatic rings. The molecule has 1 aliphatic heterocycles. The summed E-state index contributed by atoms with van der Waals surface area (Å²) in [5.41, 5.74) is 0. The van der Waals surface area contributed by atoms with Crippen molar-refractivity contribution >= 4 is 0 Å². The Bertz CT molecular complexity index is 123. The lowest BCUT2D eigenvalue weighted by Crippen LogP contribution is -2.46. The number of nitrogens with zero attached hydrogens (tertiary/aromatic N) is 1. The molecule has 2 nitrogen and oxygen atoms in total. The summed E-state index contributed by atoms with van der Waals surface area (Å²) in [6.07, 6.45) is 2.96. The third-order valence-corrected chi connectivity index (χ3v) is 2.73. The molecule has 0 bridgehead atoms. The Kier molecular flexibility index (Phi) is 4.02. The van der Waals surface area contributed by atoms with E-state index in [0.29, 0.717) is 6.10 Å². The second-order valence-corrected chi connectivity index (χ2v) is 3.65. The van der Waals surface area contributed by atoms with E-state index >= 15 is 0 Å². The van der Waals surface area contributed by atoms with Gasteiger partial charge in [-0.05, 0) is 19.8 Å². The molecule has 1 atom stereocenters. The highest BCUT2D eigenvalue weighted by Crippen LogP contribution is 2.13. The quantitative estimate of drug-likeness (QED) is 0.643. The molecule has 0 amide bonds. The van der Waals surface area contributed by atoms with Gasteiger partial charge < -0.3 is 4.74 Å². The molecule has 1 fully saturated rings. The predicted molar refractivity (Wildman–Crippen MR) is 51.4 cm³/mol. The minimum absolute atomic E-state index is 0.430. The molecule has 2 heteroatoms. The van der Waals surface area contributed by atoms with Crippen LogP contribution in [0.3, 0.4) is 0 Å². The first kappa shape index (κ1) is 10.0. The Hall–Kier alpha value is -0.0800. The van der Waals surface area contributed by atoms with Crippen molar-refractivity contribution in [2.75, 3.05) is 19.7 Å². The highest BCUT2D eigenvalue weighted by atomic mass is 16.5. The van der Waals surface area contributed by atoms with Crippen LogP contribution in [0, 0.1) is 0 Å².